The summed E-state index contributed by atoms with van der Waals surface area (Å²) in [7, 11) is 0. The van der Waals surface area contributed by atoms with Crippen LogP contribution in [0.1, 0.15) is 61.3 Å². The zero-order valence-corrected chi connectivity index (χ0v) is 21.4. The summed E-state index contributed by atoms with van der Waals surface area (Å²) in [6.07, 6.45) is 0.713. The second-order valence-electron chi connectivity index (χ2n) is 8.78. The van der Waals surface area contributed by atoms with Crippen LogP contribution in [0, 0.1) is 5.41 Å². The number of rotatable bonds is 8. The van der Waals surface area contributed by atoms with Gasteiger partial charge in [0.1, 0.15) is 11.9 Å². The van der Waals surface area contributed by atoms with Gasteiger partial charge in [-0.05, 0) is 41.9 Å². The maximum atomic E-state index is 12.7. The first-order valence-electron chi connectivity index (χ1n) is 11.1. The van der Waals surface area contributed by atoms with Crippen LogP contribution in [0.4, 0.5) is 0 Å². The predicted molar refractivity (Wildman–Crippen MR) is 141 cm³/mol. The van der Waals surface area contributed by atoms with Crippen molar-refractivity contribution in [3.8, 4) is 0 Å². The van der Waals surface area contributed by atoms with E-state index in [0.717, 1.165) is 12.1 Å². The van der Waals surface area contributed by atoms with Gasteiger partial charge in [0.2, 0.25) is 11.8 Å². The minimum absolute atomic E-state index is 0. The summed E-state index contributed by atoms with van der Waals surface area (Å²) in [5.74, 6) is 0.364. The standard InChI is InChI=1S/C25H33N5O2.2ClH/c1-15(2)19-5-4-6-20(11-19)21-12-22(28-14-21)25(32)30-16(3)24(31)29-13-17-7-9-18(10-8-17)23(26)27;;/h4-11,15-16,21-22,28H,12-14H2,1-3H3,(H3,26,27)(H,29,31)(H,30,32);2*1H/t16-,21+,22+;;/m0../s1. The predicted octanol–water partition coefficient (Wildman–Crippen LogP) is 3.20. The first-order chi connectivity index (χ1) is 15.2. The fourth-order valence-electron chi connectivity index (χ4n) is 3.89. The Morgan fingerprint density at radius 3 is 2.41 bits per heavy atom. The van der Waals surface area contributed by atoms with Crippen LogP contribution in [0.3, 0.4) is 0 Å². The van der Waals surface area contributed by atoms with E-state index in [-0.39, 0.29) is 54.4 Å². The molecule has 0 saturated carbocycles. The molecule has 6 N–H and O–H groups in total. The van der Waals surface area contributed by atoms with E-state index >= 15 is 0 Å². The Balaban J connectivity index is 0.00000289. The summed E-state index contributed by atoms with van der Waals surface area (Å²) < 4.78 is 0. The molecular formula is C25H35Cl2N5O2. The van der Waals surface area contributed by atoms with Crippen LogP contribution in [-0.2, 0) is 16.1 Å². The molecule has 3 rings (SSSR count). The van der Waals surface area contributed by atoms with Crippen LogP contribution in [0.2, 0.25) is 0 Å². The molecule has 0 aliphatic carbocycles. The van der Waals surface area contributed by atoms with Crippen LogP contribution in [0.25, 0.3) is 0 Å². The first-order valence-corrected chi connectivity index (χ1v) is 11.1. The molecule has 0 aromatic heterocycles. The van der Waals surface area contributed by atoms with Crippen LogP contribution in [0.5, 0.6) is 0 Å². The molecule has 2 aromatic carbocycles. The number of nitrogens with two attached hydrogens (primary N) is 1. The van der Waals surface area contributed by atoms with Crippen molar-refractivity contribution in [3.63, 3.8) is 0 Å². The van der Waals surface area contributed by atoms with E-state index in [4.69, 9.17) is 11.1 Å². The van der Waals surface area contributed by atoms with Gasteiger partial charge in [-0.1, -0.05) is 62.4 Å². The minimum Gasteiger partial charge on any atom is -0.384 e. The Labute approximate surface area is 214 Å². The van der Waals surface area contributed by atoms with Crippen molar-refractivity contribution in [3.05, 3.63) is 70.8 Å². The maximum absolute atomic E-state index is 12.7. The molecule has 3 atom stereocenters. The number of carbonyl (C=O) groups excluding carboxylic acids is 2. The third-order valence-electron chi connectivity index (χ3n) is 5.98. The van der Waals surface area contributed by atoms with Gasteiger partial charge in [-0.25, -0.2) is 0 Å². The monoisotopic (exact) mass is 507 g/mol. The summed E-state index contributed by atoms with van der Waals surface area (Å²) in [5, 5.41) is 16.4. The Morgan fingerprint density at radius 2 is 1.79 bits per heavy atom. The van der Waals surface area contributed by atoms with Gasteiger partial charge in [-0.3, -0.25) is 15.0 Å². The van der Waals surface area contributed by atoms with Gasteiger partial charge in [0, 0.05) is 18.7 Å². The number of nitrogens with one attached hydrogen (secondary N) is 4. The normalized spacial score (nSPS) is 17.8. The lowest BCUT2D eigenvalue weighted by molar-refractivity contribution is -0.129. The fourth-order valence-corrected chi connectivity index (χ4v) is 3.89. The number of carbonyl (C=O) groups is 2. The van der Waals surface area contributed by atoms with Crippen LogP contribution >= 0.6 is 24.8 Å². The molecule has 2 aromatic rings. The van der Waals surface area contributed by atoms with Gasteiger partial charge in [-0.15, -0.1) is 24.8 Å². The second-order valence-corrected chi connectivity index (χ2v) is 8.78. The highest BCUT2D eigenvalue weighted by Gasteiger charge is 2.31. The van der Waals surface area contributed by atoms with Crippen LogP contribution in [0.15, 0.2) is 48.5 Å². The number of hydrogen-bond donors (Lipinski definition) is 5. The number of halogens is 2. The number of amides is 2. The maximum Gasteiger partial charge on any atom is 0.242 e. The topological polar surface area (TPSA) is 120 Å². The van der Waals surface area contributed by atoms with Crippen molar-refractivity contribution >= 4 is 42.5 Å². The van der Waals surface area contributed by atoms with E-state index in [2.05, 4.69) is 54.1 Å². The Hall–Kier alpha value is -2.61. The van der Waals surface area contributed by atoms with Gasteiger partial charge in [0.05, 0.1) is 6.04 Å². The second kappa shape index (κ2) is 13.3. The quantitative estimate of drug-likeness (QED) is 0.278. The lowest BCUT2D eigenvalue weighted by atomic mass is 9.92. The van der Waals surface area contributed by atoms with Crippen molar-refractivity contribution in [2.45, 2.75) is 57.7 Å². The summed E-state index contributed by atoms with van der Waals surface area (Å²) in [5.41, 5.74) is 9.54. The highest BCUT2D eigenvalue weighted by atomic mass is 35.5. The molecule has 0 bridgehead atoms. The van der Waals surface area contributed by atoms with E-state index in [9.17, 15) is 9.59 Å². The van der Waals surface area contributed by atoms with E-state index < -0.39 is 6.04 Å². The van der Waals surface area contributed by atoms with Crippen molar-refractivity contribution in [1.29, 1.82) is 5.41 Å². The first kappa shape index (κ1) is 29.4. The molecule has 7 nitrogen and oxygen atoms in total. The Morgan fingerprint density at radius 1 is 1.12 bits per heavy atom. The summed E-state index contributed by atoms with van der Waals surface area (Å²) in [6, 6.07) is 14.8. The van der Waals surface area contributed by atoms with Crippen LogP contribution < -0.4 is 21.7 Å². The number of hydrogen-bond acceptors (Lipinski definition) is 4. The minimum atomic E-state index is -0.635. The summed E-state index contributed by atoms with van der Waals surface area (Å²) in [4.78, 5) is 25.1. The van der Waals surface area contributed by atoms with E-state index in [1.165, 1.54) is 11.1 Å². The average molecular weight is 508 g/mol. The van der Waals surface area contributed by atoms with E-state index in [1.807, 2.05) is 12.1 Å². The average Bonchev–Trinajstić information content (AvgIpc) is 3.28. The molecular weight excluding hydrogens is 473 g/mol. The van der Waals surface area contributed by atoms with Crippen molar-refractivity contribution in [2.24, 2.45) is 5.73 Å². The number of nitrogen functional groups attached to an aromatic ring is 1. The summed E-state index contributed by atoms with van der Waals surface area (Å²) in [6.45, 7) is 7.12. The molecule has 0 radical (unpaired) electrons. The highest BCUT2D eigenvalue weighted by molar-refractivity contribution is 5.95. The molecule has 186 valence electrons. The molecule has 2 amide bonds. The molecule has 0 unspecified atom stereocenters. The van der Waals surface area contributed by atoms with Gasteiger partial charge in [0.15, 0.2) is 0 Å². The fraction of sp³-hybridized carbons (Fsp3) is 0.400. The highest BCUT2D eigenvalue weighted by Crippen LogP contribution is 2.28. The lowest BCUT2D eigenvalue weighted by Gasteiger charge is -2.17. The van der Waals surface area contributed by atoms with E-state index in [1.54, 1.807) is 19.1 Å². The third-order valence-corrected chi connectivity index (χ3v) is 5.98. The molecule has 9 heteroatoms. The Bertz CT molecular complexity index is 982. The molecule has 1 heterocycles. The smallest absolute Gasteiger partial charge is 0.242 e. The van der Waals surface area contributed by atoms with Crippen LogP contribution in [-0.4, -0.2) is 36.3 Å². The zero-order chi connectivity index (χ0) is 23.3. The largest absolute Gasteiger partial charge is 0.384 e. The molecule has 0 spiro atoms. The van der Waals surface area contributed by atoms with Crippen molar-refractivity contribution in [2.75, 3.05) is 6.54 Å². The van der Waals surface area contributed by atoms with Gasteiger partial charge >= 0.3 is 0 Å². The zero-order valence-electron chi connectivity index (χ0n) is 19.8. The Kier molecular flexibility index (Phi) is 11.5. The molecule has 34 heavy (non-hydrogen) atoms. The lowest BCUT2D eigenvalue weighted by Crippen LogP contribution is -2.49. The molecule has 1 aliphatic rings. The van der Waals surface area contributed by atoms with Gasteiger partial charge < -0.3 is 21.7 Å². The SMILES string of the molecule is CC(C)c1cccc([C@H]2CN[C@@H](C(=O)N[C@@H](C)C(=O)NCc3ccc(C(=N)N)cc3)C2)c1.Cl.Cl. The van der Waals surface area contributed by atoms with Gasteiger partial charge in [0.25, 0.3) is 0 Å². The van der Waals surface area contributed by atoms with Crippen molar-refractivity contribution in [1.82, 2.24) is 16.0 Å². The molecule has 1 fully saturated rings. The third kappa shape index (κ3) is 7.72. The van der Waals surface area contributed by atoms with E-state index in [0.29, 0.717) is 24.4 Å². The number of amidine groups is 1. The summed E-state index contributed by atoms with van der Waals surface area (Å²) >= 11 is 0. The number of benzene rings is 2. The molecule has 1 saturated heterocycles. The van der Waals surface area contributed by atoms with Gasteiger partial charge in [-0.2, -0.15) is 0 Å². The molecule has 1 aliphatic heterocycles. The van der Waals surface area contributed by atoms with Crippen molar-refractivity contribution < 1.29 is 9.59 Å².